The van der Waals surface area contributed by atoms with Gasteiger partial charge in [0.25, 0.3) is 0 Å². The molecule has 4 aromatic rings. The van der Waals surface area contributed by atoms with E-state index in [4.69, 9.17) is 9.15 Å². The van der Waals surface area contributed by atoms with Crippen molar-refractivity contribution in [3.63, 3.8) is 0 Å². The van der Waals surface area contributed by atoms with E-state index >= 15 is 0 Å². The molecule has 0 amide bonds. The molecule has 1 unspecified atom stereocenters. The van der Waals surface area contributed by atoms with Crippen LogP contribution in [0.4, 0.5) is 5.82 Å². The Labute approximate surface area is 145 Å². The molecule has 2 heterocycles. The smallest absolute Gasteiger partial charge is 0.224 e. The van der Waals surface area contributed by atoms with Crippen LogP contribution in [0.2, 0.25) is 0 Å². The van der Waals surface area contributed by atoms with Gasteiger partial charge in [0.05, 0.1) is 0 Å². The highest BCUT2D eigenvalue weighted by Gasteiger charge is 2.09. The van der Waals surface area contributed by atoms with Crippen molar-refractivity contribution in [2.75, 3.05) is 5.32 Å². The number of hydrogen-bond acceptors (Lipinski definition) is 5. The van der Waals surface area contributed by atoms with Crippen LogP contribution in [-0.2, 0) is 0 Å². The molecule has 5 nitrogen and oxygen atoms in total. The number of ether oxygens (including phenoxy) is 1. The highest BCUT2D eigenvalue weighted by atomic mass is 16.5. The van der Waals surface area contributed by atoms with Gasteiger partial charge in [-0.05, 0) is 37.6 Å². The predicted octanol–water partition coefficient (Wildman–Crippen LogP) is 5.38. The SMILES string of the molecule is CCC(C)Nc1cc(Oc2ccc3oc4ccccc4c3c2)ncn1. The van der Waals surface area contributed by atoms with Crippen molar-refractivity contribution >= 4 is 27.8 Å². The summed E-state index contributed by atoms with van der Waals surface area (Å²) in [5.41, 5.74) is 1.71. The van der Waals surface area contributed by atoms with Crippen molar-refractivity contribution in [3.8, 4) is 11.6 Å². The number of hydrogen-bond donors (Lipinski definition) is 1. The number of para-hydroxylation sites is 1. The average Bonchev–Trinajstić information content (AvgIpc) is 3.00. The number of fused-ring (bicyclic) bond motifs is 3. The van der Waals surface area contributed by atoms with Crippen LogP contribution in [0.15, 0.2) is 59.3 Å². The first-order valence-electron chi connectivity index (χ1n) is 8.40. The summed E-state index contributed by atoms with van der Waals surface area (Å²) in [5.74, 6) is 1.98. The van der Waals surface area contributed by atoms with Gasteiger partial charge in [0.1, 0.15) is 29.1 Å². The van der Waals surface area contributed by atoms with E-state index in [0.29, 0.717) is 17.7 Å². The maximum absolute atomic E-state index is 5.93. The fourth-order valence-electron chi connectivity index (χ4n) is 2.72. The number of benzene rings is 2. The van der Waals surface area contributed by atoms with Gasteiger partial charge in [0, 0.05) is 22.9 Å². The minimum absolute atomic E-state index is 0.344. The van der Waals surface area contributed by atoms with Gasteiger partial charge in [-0.2, -0.15) is 0 Å². The second-order valence-electron chi connectivity index (χ2n) is 6.05. The van der Waals surface area contributed by atoms with E-state index in [-0.39, 0.29) is 0 Å². The minimum Gasteiger partial charge on any atom is -0.456 e. The van der Waals surface area contributed by atoms with Crippen molar-refractivity contribution in [2.24, 2.45) is 0 Å². The van der Waals surface area contributed by atoms with Gasteiger partial charge in [0.15, 0.2) is 0 Å². The third kappa shape index (κ3) is 3.13. The molecule has 0 fully saturated rings. The van der Waals surface area contributed by atoms with Gasteiger partial charge in [-0.3, -0.25) is 0 Å². The number of aromatic nitrogens is 2. The van der Waals surface area contributed by atoms with Crippen molar-refractivity contribution in [3.05, 3.63) is 54.9 Å². The first-order valence-corrected chi connectivity index (χ1v) is 8.40. The summed E-state index contributed by atoms with van der Waals surface area (Å²) in [6.07, 6.45) is 2.52. The first kappa shape index (κ1) is 15.4. The Morgan fingerprint density at radius 3 is 2.76 bits per heavy atom. The molecule has 126 valence electrons. The maximum Gasteiger partial charge on any atom is 0.224 e. The molecule has 0 spiro atoms. The Morgan fingerprint density at radius 2 is 1.88 bits per heavy atom. The summed E-state index contributed by atoms with van der Waals surface area (Å²) in [6.45, 7) is 4.24. The largest absolute Gasteiger partial charge is 0.456 e. The second-order valence-corrected chi connectivity index (χ2v) is 6.05. The first-order chi connectivity index (χ1) is 12.2. The molecule has 2 aromatic carbocycles. The molecule has 2 aromatic heterocycles. The summed E-state index contributed by atoms with van der Waals surface area (Å²) in [4.78, 5) is 8.44. The third-order valence-electron chi connectivity index (χ3n) is 4.22. The Hall–Kier alpha value is -3.08. The molecule has 1 N–H and O–H groups in total. The lowest BCUT2D eigenvalue weighted by molar-refractivity contribution is 0.462. The van der Waals surface area contributed by atoms with Crippen molar-refractivity contribution < 1.29 is 9.15 Å². The van der Waals surface area contributed by atoms with Gasteiger partial charge in [-0.15, -0.1) is 0 Å². The number of anilines is 1. The van der Waals surface area contributed by atoms with Crippen LogP contribution in [0.25, 0.3) is 21.9 Å². The van der Waals surface area contributed by atoms with Crippen LogP contribution < -0.4 is 10.1 Å². The van der Waals surface area contributed by atoms with E-state index in [9.17, 15) is 0 Å². The number of nitrogens with zero attached hydrogens (tertiary/aromatic N) is 2. The molecule has 5 heteroatoms. The molecule has 0 radical (unpaired) electrons. The molecule has 0 saturated heterocycles. The predicted molar refractivity (Wildman–Crippen MR) is 99.2 cm³/mol. The highest BCUT2D eigenvalue weighted by Crippen LogP contribution is 2.32. The Bertz CT molecular complexity index is 1030. The van der Waals surface area contributed by atoms with Gasteiger partial charge >= 0.3 is 0 Å². The molecule has 25 heavy (non-hydrogen) atoms. The zero-order valence-corrected chi connectivity index (χ0v) is 14.2. The lowest BCUT2D eigenvalue weighted by Crippen LogP contribution is -2.14. The van der Waals surface area contributed by atoms with Gasteiger partial charge in [0.2, 0.25) is 5.88 Å². The topological polar surface area (TPSA) is 60.2 Å². The van der Waals surface area contributed by atoms with Crippen LogP contribution in [0.5, 0.6) is 11.6 Å². The lowest BCUT2D eigenvalue weighted by Gasteiger charge is -2.12. The maximum atomic E-state index is 5.93. The van der Waals surface area contributed by atoms with Gasteiger partial charge < -0.3 is 14.5 Å². The number of furan rings is 1. The summed E-state index contributed by atoms with van der Waals surface area (Å²) < 4.78 is 11.8. The summed E-state index contributed by atoms with van der Waals surface area (Å²) in [7, 11) is 0. The molecular weight excluding hydrogens is 314 g/mol. The van der Waals surface area contributed by atoms with Crippen molar-refractivity contribution in [1.29, 1.82) is 0 Å². The fourth-order valence-corrected chi connectivity index (χ4v) is 2.72. The molecule has 0 aliphatic rings. The summed E-state index contributed by atoms with van der Waals surface area (Å²) >= 11 is 0. The fraction of sp³-hybridized carbons (Fsp3) is 0.200. The number of nitrogens with one attached hydrogen (secondary N) is 1. The Kier molecular flexibility index (Phi) is 3.98. The molecular formula is C20H19N3O2. The van der Waals surface area contributed by atoms with Crippen LogP contribution >= 0.6 is 0 Å². The highest BCUT2D eigenvalue weighted by molar-refractivity contribution is 6.05. The van der Waals surface area contributed by atoms with Crippen molar-refractivity contribution in [2.45, 2.75) is 26.3 Å². The standard InChI is InChI=1S/C20H19N3O2/c1-3-13(2)23-19-11-20(22-12-21-19)24-14-8-9-18-16(10-14)15-6-4-5-7-17(15)25-18/h4-13H,3H2,1-2H3,(H,21,22,23). The summed E-state index contributed by atoms with van der Waals surface area (Å²) in [6, 6.07) is 15.9. The minimum atomic E-state index is 0.344. The van der Waals surface area contributed by atoms with Gasteiger partial charge in [-0.1, -0.05) is 25.1 Å². The molecule has 4 rings (SSSR count). The molecule has 0 aliphatic heterocycles. The van der Waals surface area contributed by atoms with E-state index in [0.717, 1.165) is 34.2 Å². The Morgan fingerprint density at radius 1 is 1.04 bits per heavy atom. The van der Waals surface area contributed by atoms with Gasteiger partial charge in [-0.25, -0.2) is 9.97 Å². The van der Waals surface area contributed by atoms with E-state index in [1.807, 2.05) is 48.5 Å². The van der Waals surface area contributed by atoms with E-state index in [1.54, 1.807) is 0 Å². The lowest BCUT2D eigenvalue weighted by atomic mass is 10.1. The monoisotopic (exact) mass is 333 g/mol. The normalized spacial score (nSPS) is 12.4. The number of rotatable bonds is 5. The third-order valence-corrected chi connectivity index (χ3v) is 4.22. The van der Waals surface area contributed by atoms with Crippen LogP contribution in [0.1, 0.15) is 20.3 Å². The average molecular weight is 333 g/mol. The second kappa shape index (κ2) is 6.43. The summed E-state index contributed by atoms with van der Waals surface area (Å²) in [5, 5.41) is 5.42. The zero-order chi connectivity index (χ0) is 17.2. The van der Waals surface area contributed by atoms with Crippen LogP contribution in [-0.4, -0.2) is 16.0 Å². The molecule has 0 saturated carbocycles. The molecule has 0 aliphatic carbocycles. The van der Waals surface area contributed by atoms with Crippen molar-refractivity contribution in [1.82, 2.24) is 9.97 Å². The zero-order valence-electron chi connectivity index (χ0n) is 14.2. The van der Waals surface area contributed by atoms with E-state index in [2.05, 4.69) is 29.1 Å². The van der Waals surface area contributed by atoms with Crippen LogP contribution in [0.3, 0.4) is 0 Å². The van der Waals surface area contributed by atoms with E-state index < -0.39 is 0 Å². The molecule has 0 bridgehead atoms. The van der Waals surface area contributed by atoms with E-state index in [1.165, 1.54) is 6.33 Å². The molecule has 1 atom stereocenters. The van der Waals surface area contributed by atoms with Crippen LogP contribution in [0, 0.1) is 0 Å². The Balaban J connectivity index is 1.64. The quantitative estimate of drug-likeness (QED) is 0.531.